The number of hydrogen-bond donors (Lipinski definition) is 2. The van der Waals surface area contributed by atoms with Crippen molar-refractivity contribution in [2.45, 2.75) is 0 Å². The van der Waals surface area contributed by atoms with Crippen LogP contribution in [-0.4, -0.2) is 25.9 Å². The van der Waals surface area contributed by atoms with Crippen LogP contribution in [0, 0.1) is 0 Å². The third-order valence-electron chi connectivity index (χ3n) is 1.99. The van der Waals surface area contributed by atoms with Crippen LogP contribution in [0.5, 0.6) is 11.5 Å². The Morgan fingerprint density at radius 3 is 1.14 bits per heavy atom. The molecule has 0 aliphatic heterocycles. The largest absolute Gasteiger partial charge is 0.457 e. The van der Waals surface area contributed by atoms with Crippen molar-refractivity contribution in [1.29, 1.82) is 0 Å². The van der Waals surface area contributed by atoms with Gasteiger partial charge in [0.15, 0.2) is 0 Å². The fourth-order valence-corrected chi connectivity index (χ4v) is 1.11. The summed E-state index contributed by atoms with van der Waals surface area (Å²) in [7, 11) is -10.6. The van der Waals surface area contributed by atoms with E-state index in [9.17, 15) is 16.8 Å². The molecule has 2 aromatic carbocycles. The van der Waals surface area contributed by atoms with Crippen LogP contribution in [0.2, 0.25) is 0 Å². The Balaban J connectivity index is 0.000000240. The smallest absolute Gasteiger partial charge is 0.397 e. The van der Waals surface area contributed by atoms with Gasteiger partial charge in [-0.2, -0.15) is 16.8 Å². The molecule has 0 fully saturated rings. The second-order valence-electron chi connectivity index (χ2n) is 3.58. The molecule has 0 amide bonds. The van der Waals surface area contributed by atoms with Crippen LogP contribution in [0.1, 0.15) is 0 Å². The number of ether oxygens (including phenoxy) is 1. The zero-order chi connectivity index (χ0) is 15.9. The maximum atomic E-state index is 9.37. The summed E-state index contributed by atoms with van der Waals surface area (Å²) in [6.45, 7) is 0. The van der Waals surface area contributed by atoms with Gasteiger partial charge in [0, 0.05) is 0 Å². The molecule has 2 N–H and O–H groups in total. The van der Waals surface area contributed by atoms with E-state index in [4.69, 9.17) is 13.8 Å². The third kappa shape index (κ3) is 6.36. The Hall–Kier alpha value is -1.94. The standard InChI is InChI=1S/C12H10O.H2O6S2/c1-3-7-11(8-4-1)13-12-9-5-2-6-10-12;1-7(2,3)8(4,5)6/h1-10H;(H,1,2,3)(H,4,5,6). The molecule has 0 saturated carbocycles. The van der Waals surface area contributed by atoms with E-state index in [0.717, 1.165) is 11.5 Å². The second-order valence-corrected chi connectivity index (χ2v) is 7.82. The van der Waals surface area contributed by atoms with Gasteiger partial charge in [-0.3, -0.25) is 9.11 Å². The summed E-state index contributed by atoms with van der Waals surface area (Å²) >= 11 is 0. The summed E-state index contributed by atoms with van der Waals surface area (Å²) in [5.74, 6) is 1.74. The van der Waals surface area contributed by atoms with Crippen molar-refractivity contribution in [2.75, 3.05) is 0 Å². The van der Waals surface area contributed by atoms with Gasteiger partial charge in [-0.1, -0.05) is 36.4 Å². The average molecular weight is 332 g/mol. The van der Waals surface area contributed by atoms with Gasteiger partial charge in [0.1, 0.15) is 11.5 Å². The molecular weight excluding hydrogens is 320 g/mol. The SMILES string of the molecule is O=S(=O)(O)S(=O)(=O)O.c1ccc(Oc2ccccc2)cc1. The van der Waals surface area contributed by atoms with Crippen LogP contribution in [0.4, 0.5) is 0 Å². The van der Waals surface area contributed by atoms with E-state index < -0.39 is 18.3 Å². The lowest BCUT2D eigenvalue weighted by Gasteiger charge is -2.03. The fourth-order valence-electron chi connectivity index (χ4n) is 1.11. The topological polar surface area (TPSA) is 118 Å². The Bertz CT molecular complexity index is 686. The second kappa shape index (κ2) is 7.18. The van der Waals surface area contributed by atoms with Crippen LogP contribution < -0.4 is 4.74 Å². The van der Waals surface area contributed by atoms with Gasteiger partial charge in [0.25, 0.3) is 0 Å². The molecule has 114 valence electrons. The number of para-hydroxylation sites is 2. The van der Waals surface area contributed by atoms with Crippen LogP contribution in [0.15, 0.2) is 60.7 Å². The highest BCUT2D eigenvalue weighted by molar-refractivity contribution is 8.62. The lowest BCUT2D eigenvalue weighted by atomic mass is 10.3. The van der Waals surface area contributed by atoms with Crippen molar-refractivity contribution in [1.82, 2.24) is 0 Å². The van der Waals surface area contributed by atoms with Gasteiger partial charge >= 0.3 is 18.3 Å². The first-order valence-corrected chi connectivity index (χ1v) is 8.83. The molecule has 0 aliphatic rings. The van der Waals surface area contributed by atoms with Crippen LogP contribution in [0.3, 0.4) is 0 Å². The summed E-state index contributed by atoms with van der Waals surface area (Å²) in [4.78, 5) is 0. The Labute approximate surface area is 121 Å². The zero-order valence-electron chi connectivity index (χ0n) is 10.5. The average Bonchev–Trinajstić information content (AvgIpc) is 2.39. The van der Waals surface area contributed by atoms with E-state index in [1.54, 1.807) is 0 Å². The summed E-state index contributed by atoms with van der Waals surface area (Å²) in [6.07, 6.45) is 0. The fraction of sp³-hybridized carbons (Fsp3) is 0. The minimum absolute atomic E-state index is 0.869. The van der Waals surface area contributed by atoms with Crippen LogP contribution in [-0.2, 0) is 18.3 Å². The third-order valence-corrected chi connectivity index (χ3v) is 4.12. The molecule has 2 rings (SSSR count). The summed E-state index contributed by atoms with van der Waals surface area (Å²) in [6, 6.07) is 19.5. The molecule has 7 nitrogen and oxygen atoms in total. The maximum Gasteiger partial charge on any atom is 0.397 e. The quantitative estimate of drug-likeness (QED) is 0.653. The molecule has 2 aromatic rings. The maximum absolute atomic E-state index is 9.37. The molecule has 0 bridgehead atoms. The van der Waals surface area contributed by atoms with E-state index in [-0.39, 0.29) is 0 Å². The summed E-state index contributed by atoms with van der Waals surface area (Å²) in [5.41, 5.74) is 0. The normalized spacial score (nSPS) is 11.1. The van der Waals surface area contributed by atoms with E-state index in [2.05, 4.69) is 0 Å². The molecule has 0 heterocycles. The predicted octanol–water partition coefficient (Wildman–Crippen LogP) is 2.16. The summed E-state index contributed by atoms with van der Waals surface area (Å²) in [5, 5.41) is 0. The first kappa shape index (κ1) is 17.1. The summed E-state index contributed by atoms with van der Waals surface area (Å²) < 4.78 is 58.0. The highest BCUT2D eigenvalue weighted by Gasteiger charge is 2.22. The zero-order valence-corrected chi connectivity index (χ0v) is 12.2. The van der Waals surface area contributed by atoms with Gasteiger partial charge in [-0.25, -0.2) is 0 Å². The molecular formula is C12H12O7S2. The van der Waals surface area contributed by atoms with Crippen molar-refractivity contribution in [2.24, 2.45) is 0 Å². The van der Waals surface area contributed by atoms with E-state index in [1.807, 2.05) is 60.7 Å². The molecule has 0 saturated heterocycles. The molecule has 0 atom stereocenters. The van der Waals surface area contributed by atoms with Crippen molar-refractivity contribution in [3.63, 3.8) is 0 Å². The number of benzene rings is 2. The Morgan fingerprint density at radius 1 is 0.619 bits per heavy atom. The van der Waals surface area contributed by atoms with Gasteiger partial charge in [0.2, 0.25) is 0 Å². The van der Waals surface area contributed by atoms with Gasteiger partial charge in [-0.15, -0.1) is 0 Å². The lowest BCUT2D eigenvalue weighted by Crippen LogP contribution is -2.11. The highest BCUT2D eigenvalue weighted by Crippen LogP contribution is 2.19. The van der Waals surface area contributed by atoms with Crippen molar-refractivity contribution >= 4 is 18.3 Å². The van der Waals surface area contributed by atoms with Crippen molar-refractivity contribution in [3.8, 4) is 11.5 Å². The minimum Gasteiger partial charge on any atom is -0.457 e. The van der Waals surface area contributed by atoms with Gasteiger partial charge in [0.05, 0.1) is 0 Å². The van der Waals surface area contributed by atoms with Crippen molar-refractivity contribution < 1.29 is 30.7 Å². The Morgan fingerprint density at radius 2 is 0.905 bits per heavy atom. The lowest BCUT2D eigenvalue weighted by molar-refractivity contribution is 0.460. The molecule has 0 spiro atoms. The Kier molecular flexibility index (Phi) is 5.85. The molecule has 0 unspecified atom stereocenters. The molecule has 21 heavy (non-hydrogen) atoms. The first-order valence-electron chi connectivity index (χ1n) is 5.43. The number of hydrogen-bond acceptors (Lipinski definition) is 5. The monoisotopic (exact) mass is 332 g/mol. The van der Waals surface area contributed by atoms with Gasteiger partial charge < -0.3 is 4.74 Å². The molecule has 0 aliphatic carbocycles. The molecule has 0 aromatic heterocycles. The highest BCUT2D eigenvalue weighted by atomic mass is 33.2. The van der Waals surface area contributed by atoms with Crippen molar-refractivity contribution in [3.05, 3.63) is 60.7 Å². The minimum atomic E-state index is -5.31. The van der Waals surface area contributed by atoms with Crippen LogP contribution >= 0.6 is 0 Å². The van der Waals surface area contributed by atoms with Crippen LogP contribution in [0.25, 0.3) is 0 Å². The predicted molar refractivity (Wildman–Crippen MR) is 76.1 cm³/mol. The molecule has 9 heteroatoms. The van der Waals surface area contributed by atoms with E-state index >= 15 is 0 Å². The number of rotatable bonds is 3. The van der Waals surface area contributed by atoms with Gasteiger partial charge in [-0.05, 0) is 24.3 Å². The molecule has 0 radical (unpaired) electrons. The van der Waals surface area contributed by atoms with E-state index in [1.165, 1.54) is 0 Å². The van der Waals surface area contributed by atoms with E-state index in [0.29, 0.717) is 0 Å². The first-order chi connectivity index (χ1) is 9.70.